The highest BCUT2D eigenvalue weighted by Gasteiger charge is 2.20. The zero-order chi connectivity index (χ0) is 18.2. The molecule has 2 heterocycles. The van der Waals surface area contributed by atoms with Crippen molar-refractivity contribution >= 4 is 12.2 Å². The van der Waals surface area contributed by atoms with Gasteiger partial charge in [0.1, 0.15) is 0 Å². The second-order valence-electron chi connectivity index (χ2n) is 8.01. The molecule has 136 valence electrons. The normalized spacial score (nSPS) is 19.3. The molecule has 1 aliphatic rings. The largest absolute Gasteiger partial charge is 0.392 e. The van der Waals surface area contributed by atoms with Crippen molar-refractivity contribution in [2.75, 3.05) is 13.1 Å². The molecule has 0 radical (unpaired) electrons. The average molecular weight is 361 g/mol. The maximum absolute atomic E-state index is 9.85. The zero-order valence-electron chi connectivity index (χ0n) is 15.6. The van der Waals surface area contributed by atoms with Crippen LogP contribution in [0.2, 0.25) is 0 Å². The van der Waals surface area contributed by atoms with Gasteiger partial charge in [-0.15, -0.1) is 0 Å². The number of hydrogen-bond acceptors (Lipinski definition) is 4. The number of rotatable bonds is 3. The van der Waals surface area contributed by atoms with E-state index in [1.54, 1.807) is 0 Å². The number of aliphatic hydroxyl groups is 1. The van der Waals surface area contributed by atoms with Crippen molar-refractivity contribution in [3.63, 3.8) is 0 Å². The molecule has 1 fully saturated rings. The summed E-state index contributed by atoms with van der Waals surface area (Å²) in [5, 5.41) is 14.6. The fourth-order valence-corrected chi connectivity index (χ4v) is 3.48. The van der Waals surface area contributed by atoms with Crippen molar-refractivity contribution in [2.24, 2.45) is 7.05 Å². The molecule has 0 saturated carbocycles. The molecule has 0 spiro atoms. The molecule has 0 aliphatic carbocycles. The Morgan fingerprint density at radius 3 is 2.52 bits per heavy atom. The first-order valence-corrected chi connectivity index (χ1v) is 9.31. The molecule has 0 unspecified atom stereocenters. The van der Waals surface area contributed by atoms with E-state index < -0.39 is 0 Å². The maximum Gasteiger partial charge on any atom is 0.199 e. The van der Waals surface area contributed by atoms with Gasteiger partial charge < -0.3 is 9.67 Å². The summed E-state index contributed by atoms with van der Waals surface area (Å²) in [4.78, 5) is 2.21. The summed E-state index contributed by atoms with van der Waals surface area (Å²) in [7, 11) is 1.96. The minimum atomic E-state index is -0.240. The fourth-order valence-electron chi connectivity index (χ4n) is 3.30. The molecule has 1 saturated heterocycles. The average Bonchev–Trinajstić information content (AvgIpc) is 2.83. The lowest BCUT2D eigenvalue weighted by atomic mass is 9.87. The van der Waals surface area contributed by atoms with Gasteiger partial charge in [0, 0.05) is 25.7 Å². The van der Waals surface area contributed by atoms with Gasteiger partial charge in [-0.25, -0.2) is 4.68 Å². The molecule has 3 rings (SSSR count). The predicted molar refractivity (Wildman–Crippen MR) is 103 cm³/mol. The van der Waals surface area contributed by atoms with E-state index in [4.69, 9.17) is 17.3 Å². The van der Waals surface area contributed by atoms with Crippen molar-refractivity contribution in [3.8, 4) is 11.4 Å². The second-order valence-corrected chi connectivity index (χ2v) is 8.37. The minimum Gasteiger partial charge on any atom is -0.392 e. The lowest BCUT2D eigenvalue weighted by Gasteiger charge is -2.29. The van der Waals surface area contributed by atoms with Crippen LogP contribution < -0.4 is 0 Å². The summed E-state index contributed by atoms with van der Waals surface area (Å²) < 4.78 is 4.53. The van der Waals surface area contributed by atoms with Gasteiger partial charge >= 0.3 is 0 Å². The highest BCUT2D eigenvalue weighted by Crippen LogP contribution is 2.25. The molecular weight excluding hydrogens is 332 g/mol. The van der Waals surface area contributed by atoms with Gasteiger partial charge in [-0.05, 0) is 36.0 Å². The first kappa shape index (κ1) is 18.3. The molecule has 25 heavy (non-hydrogen) atoms. The molecule has 1 aromatic carbocycles. The standard InChI is InChI=1S/C19H28N4OS/c1-19(2,3)15-9-7-14(8-10-15)17-20-23(18(25)21(17)4)13-22-11-5-6-16(24)12-22/h7-10,16,24H,5-6,11-13H2,1-4H3/t16-/m0/s1. The molecule has 5 nitrogen and oxygen atoms in total. The Labute approximate surface area is 154 Å². The quantitative estimate of drug-likeness (QED) is 0.853. The molecule has 1 aromatic heterocycles. The molecule has 1 N–H and O–H groups in total. The number of aromatic nitrogens is 3. The van der Waals surface area contributed by atoms with E-state index in [0.717, 1.165) is 30.8 Å². The van der Waals surface area contributed by atoms with Crippen LogP contribution in [0.15, 0.2) is 24.3 Å². The number of likely N-dealkylation sites (tertiary alicyclic amines) is 1. The van der Waals surface area contributed by atoms with E-state index in [1.807, 2.05) is 16.3 Å². The predicted octanol–water partition coefficient (Wildman–Crippen LogP) is 3.33. The Morgan fingerprint density at radius 2 is 1.92 bits per heavy atom. The summed E-state index contributed by atoms with van der Waals surface area (Å²) in [6.45, 7) is 8.93. The smallest absolute Gasteiger partial charge is 0.199 e. The van der Waals surface area contributed by atoms with E-state index in [2.05, 4.69) is 49.9 Å². The van der Waals surface area contributed by atoms with E-state index in [1.165, 1.54) is 5.56 Å². The van der Waals surface area contributed by atoms with E-state index in [0.29, 0.717) is 18.0 Å². The summed E-state index contributed by atoms with van der Waals surface area (Å²) in [6.07, 6.45) is 1.66. The molecule has 6 heteroatoms. The van der Waals surface area contributed by atoms with Crippen LogP contribution in [0.1, 0.15) is 39.2 Å². The van der Waals surface area contributed by atoms with Crippen LogP contribution in [0.4, 0.5) is 0 Å². The van der Waals surface area contributed by atoms with Gasteiger partial charge in [0.25, 0.3) is 0 Å². The van der Waals surface area contributed by atoms with E-state index in [9.17, 15) is 5.11 Å². The first-order valence-electron chi connectivity index (χ1n) is 8.91. The van der Waals surface area contributed by atoms with Crippen molar-refractivity contribution in [3.05, 3.63) is 34.6 Å². The van der Waals surface area contributed by atoms with Crippen LogP contribution in [-0.4, -0.2) is 43.5 Å². The third-order valence-electron chi connectivity index (χ3n) is 4.86. The van der Waals surface area contributed by atoms with Crippen molar-refractivity contribution in [1.29, 1.82) is 0 Å². The maximum atomic E-state index is 9.85. The molecule has 1 atom stereocenters. The molecule has 2 aromatic rings. The highest BCUT2D eigenvalue weighted by molar-refractivity contribution is 7.71. The van der Waals surface area contributed by atoms with Gasteiger partial charge in [0.15, 0.2) is 10.6 Å². The number of aliphatic hydroxyl groups excluding tert-OH is 1. The summed E-state index contributed by atoms with van der Waals surface area (Å²) >= 11 is 5.57. The van der Waals surface area contributed by atoms with Crippen molar-refractivity contribution < 1.29 is 5.11 Å². The Bertz CT molecular complexity index is 785. The van der Waals surface area contributed by atoms with Crippen molar-refractivity contribution in [2.45, 2.75) is 51.8 Å². The van der Waals surface area contributed by atoms with Crippen LogP contribution in [-0.2, 0) is 19.1 Å². The van der Waals surface area contributed by atoms with Gasteiger partial charge in [0.05, 0.1) is 12.8 Å². The number of hydrogen-bond donors (Lipinski definition) is 1. The molecule has 1 aliphatic heterocycles. The summed E-state index contributed by atoms with van der Waals surface area (Å²) in [5.74, 6) is 0.878. The Morgan fingerprint density at radius 1 is 1.24 bits per heavy atom. The summed E-state index contributed by atoms with van der Waals surface area (Å²) in [5.41, 5.74) is 2.51. The zero-order valence-corrected chi connectivity index (χ0v) is 16.4. The summed E-state index contributed by atoms with van der Waals surface area (Å²) in [6, 6.07) is 8.57. The van der Waals surface area contributed by atoms with Gasteiger partial charge in [-0.1, -0.05) is 45.0 Å². The van der Waals surface area contributed by atoms with Gasteiger partial charge in [-0.2, -0.15) is 5.10 Å². The third kappa shape index (κ3) is 4.02. The van der Waals surface area contributed by atoms with Crippen LogP contribution in [0, 0.1) is 4.77 Å². The van der Waals surface area contributed by atoms with Gasteiger partial charge in [0.2, 0.25) is 0 Å². The monoisotopic (exact) mass is 360 g/mol. The number of benzene rings is 1. The number of piperidine rings is 1. The lowest BCUT2D eigenvalue weighted by Crippen LogP contribution is -2.39. The fraction of sp³-hybridized carbons (Fsp3) is 0.579. The molecular formula is C19H28N4OS. The second kappa shape index (κ2) is 7.02. The Hall–Kier alpha value is -1.50. The van der Waals surface area contributed by atoms with Crippen LogP contribution in [0.5, 0.6) is 0 Å². The van der Waals surface area contributed by atoms with Crippen LogP contribution >= 0.6 is 12.2 Å². The Kier molecular flexibility index (Phi) is 5.14. The Balaban J connectivity index is 1.85. The van der Waals surface area contributed by atoms with E-state index >= 15 is 0 Å². The van der Waals surface area contributed by atoms with Crippen LogP contribution in [0.3, 0.4) is 0 Å². The first-order chi connectivity index (χ1) is 11.8. The van der Waals surface area contributed by atoms with E-state index in [-0.39, 0.29) is 11.5 Å². The van der Waals surface area contributed by atoms with Gasteiger partial charge in [-0.3, -0.25) is 4.90 Å². The third-order valence-corrected chi connectivity index (χ3v) is 5.35. The highest BCUT2D eigenvalue weighted by atomic mass is 32.1. The topological polar surface area (TPSA) is 46.2 Å². The van der Waals surface area contributed by atoms with Crippen LogP contribution in [0.25, 0.3) is 11.4 Å². The molecule has 0 bridgehead atoms. The number of β-amino-alcohol motifs (C(OH)–C–C–N with tert-alkyl or cyclic N) is 1. The number of nitrogens with zero attached hydrogens (tertiary/aromatic N) is 4. The SMILES string of the molecule is Cn1c(-c2ccc(C(C)(C)C)cc2)nn(CN2CCC[C@H](O)C2)c1=S. The van der Waals surface area contributed by atoms with Crippen molar-refractivity contribution in [1.82, 2.24) is 19.2 Å². The minimum absolute atomic E-state index is 0.137. The lowest BCUT2D eigenvalue weighted by molar-refractivity contribution is 0.0513. The molecule has 0 amide bonds.